The standard InChI is InChI=1S/C9H12O2S/c1-10-8-4-6-2-3-11-7(6)5-9(8)12/h4,9,12H,2-3,5H2,1H3/t9-/m1/s1. The Morgan fingerprint density at radius 3 is 3.25 bits per heavy atom. The van der Waals surface area contributed by atoms with Crippen molar-refractivity contribution in [2.45, 2.75) is 18.1 Å². The van der Waals surface area contributed by atoms with Gasteiger partial charge in [0.25, 0.3) is 0 Å². The fraction of sp³-hybridized carbons (Fsp3) is 0.556. The molecule has 1 heterocycles. The molecule has 0 aromatic heterocycles. The number of thiol groups is 1. The van der Waals surface area contributed by atoms with E-state index in [1.165, 1.54) is 5.57 Å². The van der Waals surface area contributed by atoms with Crippen molar-refractivity contribution in [3.8, 4) is 0 Å². The van der Waals surface area contributed by atoms with Gasteiger partial charge < -0.3 is 9.47 Å². The molecule has 0 N–H and O–H groups in total. The Labute approximate surface area is 77.7 Å². The summed E-state index contributed by atoms with van der Waals surface area (Å²) in [6, 6.07) is 0. The second-order valence-electron chi connectivity index (χ2n) is 3.02. The van der Waals surface area contributed by atoms with Crippen LogP contribution in [-0.4, -0.2) is 19.0 Å². The molecule has 66 valence electrons. The van der Waals surface area contributed by atoms with Gasteiger partial charge in [0, 0.05) is 12.8 Å². The largest absolute Gasteiger partial charge is 0.500 e. The summed E-state index contributed by atoms with van der Waals surface area (Å²) in [4.78, 5) is 0. The lowest BCUT2D eigenvalue weighted by atomic mass is 10.0. The third kappa shape index (κ3) is 1.22. The molecule has 0 spiro atoms. The number of hydrogen-bond acceptors (Lipinski definition) is 3. The second kappa shape index (κ2) is 3.05. The van der Waals surface area contributed by atoms with Crippen LogP contribution in [0.4, 0.5) is 0 Å². The maximum atomic E-state index is 5.45. The molecule has 0 unspecified atom stereocenters. The first-order chi connectivity index (χ1) is 5.81. The van der Waals surface area contributed by atoms with Crippen LogP contribution in [0.1, 0.15) is 12.8 Å². The average Bonchev–Trinajstić information content (AvgIpc) is 2.49. The molecule has 0 aromatic carbocycles. The highest BCUT2D eigenvalue weighted by Crippen LogP contribution is 2.33. The topological polar surface area (TPSA) is 18.5 Å². The molecule has 1 aliphatic heterocycles. The summed E-state index contributed by atoms with van der Waals surface area (Å²) in [6.07, 6.45) is 3.95. The minimum Gasteiger partial charge on any atom is -0.500 e. The van der Waals surface area contributed by atoms with Gasteiger partial charge in [0.05, 0.1) is 19.0 Å². The lowest BCUT2D eigenvalue weighted by molar-refractivity contribution is 0.224. The predicted molar refractivity (Wildman–Crippen MR) is 50.1 cm³/mol. The van der Waals surface area contributed by atoms with E-state index in [-0.39, 0.29) is 5.25 Å². The lowest BCUT2D eigenvalue weighted by Crippen LogP contribution is -2.11. The first kappa shape index (κ1) is 8.05. The molecule has 1 atom stereocenters. The van der Waals surface area contributed by atoms with Crippen LogP contribution < -0.4 is 0 Å². The molecular weight excluding hydrogens is 172 g/mol. The monoisotopic (exact) mass is 184 g/mol. The van der Waals surface area contributed by atoms with Crippen molar-refractivity contribution in [2.24, 2.45) is 0 Å². The van der Waals surface area contributed by atoms with Crippen LogP contribution >= 0.6 is 12.6 Å². The van der Waals surface area contributed by atoms with Crippen molar-refractivity contribution in [3.05, 3.63) is 23.2 Å². The third-order valence-corrected chi connectivity index (χ3v) is 2.70. The Morgan fingerprint density at radius 1 is 1.67 bits per heavy atom. The number of hydrogen-bond donors (Lipinski definition) is 1. The van der Waals surface area contributed by atoms with E-state index in [2.05, 4.69) is 18.7 Å². The average molecular weight is 184 g/mol. The zero-order valence-electron chi connectivity index (χ0n) is 7.04. The van der Waals surface area contributed by atoms with Crippen molar-refractivity contribution >= 4 is 12.6 Å². The molecular formula is C9H12O2S. The summed E-state index contributed by atoms with van der Waals surface area (Å²) in [5.74, 6) is 2.07. The van der Waals surface area contributed by atoms with Crippen LogP contribution in [0.3, 0.4) is 0 Å². The van der Waals surface area contributed by atoms with Crippen molar-refractivity contribution in [3.63, 3.8) is 0 Å². The Morgan fingerprint density at radius 2 is 2.50 bits per heavy atom. The SMILES string of the molecule is COC1=CC2=C(C[C@H]1S)OCC2. The molecule has 0 bridgehead atoms. The minimum absolute atomic E-state index is 0.173. The highest BCUT2D eigenvalue weighted by Gasteiger charge is 2.25. The normalized spacial score (nSPS) is 27.8. The van der Waals surface area contributed by atoms with E-state index in [0.717, 1.165) is 31.0 Å². The van der Waals surface area contributed by atoms with Crippen LogP contribution in [0, 0.1) is 0 Å². The van der Waals surface area contributed by atoms with Gasteiger partial charge in [-0.3, -0.25) is 0 Å². The molecule has 2 nitrogen and oxygen atoms in total. The Hall–Kier alpha value is -0.570. The molecule has 0 saturated carbocycles. The smallest absolute Gasteiger partial charge is 0.109 e. The van der Waals surface area contributed by atoms with Gasteiger partial charge in [0.15, 0.2) is 0 Å². The number of methoxy groups -OCH3 is 1. The Kier molecular flexibility index (Phi) is 2.05. The molecule has 2 aliphatic rings. The summed E-state index contributed by atoms with van der Waals surface area (Å²) in [5, 5.41) is 0.173. The maximum absolute atomic E-state index is 5.45. The van der Waals surface area contributed by atoms with Crippen molar-refractivity contribution in [2.75, 3.05) is 13.7 Å². The zero-order valence-corrected chi connectivity index (χ0v) is 7.93. The van der Waals surface area contributed by atoms with Gasteiger partial charge in [-0.2, -0.15) is 12.6 Å². The predicted octanol–water partition coefficient (Wildman–Crippen LogP) is 1.89. The summed E-state index contributed by atoms with van der Waals surface area (Å²) < 4.78 is 10.7. The summed E-state index contributed by atoms with van der Waals surface area (Å²) in [5.41, 5.74) is 1.29. The Bertz CT molecular complexity index is 255. The van der Waals surface area contributed by atoms with E-state index < -0.39 is 0 Å². The molecule has 12 heavy (non-hydrogen) atoms. The van der Waals surface area contributed by atoms with Crippen LogP contribution in [0.5, 0.6) is 0 Å². The molecule has 0 saturated heterocycles. The van der Waals surface area contributed by atoms with Gasteiger partial charge in [0.2, 0.25) is 0 Å². The van der Waals surface area contributed by atoms with Gasteiger partial charge in [-0.25, -0.2) is 0 Å². The van der Waals surface area contributed by atoms with Gasteiger partial charge in [0.1, 0.15) is 11.5 Å². The van der Waals surface area contributed by atoms with Crippen LogP contribution in [-0.2, 0) is 9.47 Å². The summed E-state index contributed by atoms with van der Waals surface area (Å²) in [7, 11) is 1.69. The highest BCUT2D eigenvalue weighted by atomic mass is 32.1. The van der Waals surface area contributed by atoms with Crippen molar-refractivity contribution < 1.29 is 9.47 Å². The van der Waals surface area contributed by atoms with Gasteiger partial charge in [-0.15, -0.1) is 0 Å². The fourth-order valence-electron chi connectivity index (χ4n) is 1.60. The van der Waals surface area contributed by atoms with Crippen LogP contribution in [0.25, 0.3) is 0 Å². The van der Waals surface area contributed by atoms with E-state index in [1.807, 2.05) is 0 Å². The lowest BCUT2D eigenvalue weighted by Gasteiger charge is -2.19. The number of allylic oxidation sites excluding steroid dienone is 2. The van der Waals surface area contributed by atoms with Gasteiger partial charge in [-0.05, 0) is 11.6 Å². The van der Waals surface area contributed by atoms with Crippen LogP contribution in [0.15, 0.2) is 23.2 Å². The fourth-order valence-corrected chi connectivity index (χ4v) is 1.94. The summed E-state index contributed by atoms with van der Waals surface area (Å²) >= 11 is 4.41. The molecule has 0 radical (unpaired) electrons. The van der Waals surface area contributed by atoms with E-state index in [9.17, 15) is 0 Å². The first-order valence-corrected chi connectivity index (χ1v) is 4.61. The number of ether oxygens (including phenoxy) is 2. The zero-order chi connectivity index (χ0) is 8.55. The summed E-state index contributed by atoms with van der Waals surface area (Å²) in [6.45, 7) is 0.818. The maximum Gasteiger partial charge on any atom is 0.109 e. The van der Waals surface area contributed by atoms with Gasteiger partial charge in [-0.1, -0.05) is 0 Å². The van der Waals surface area contributed by atoms with Gasteiger partial charge >= 0.3 is 0 Å². The van der Waals surface area contributed by atoms with Crippen molar-refractivity contribution in [1.82, 2.24) is 0 Å². The van der Waals surface area contributed by atoms with Crippen LogP contribution in [0.2, 0.25) is 0 Å². The first-order valence-electron chi connectivity index (χ1n) is 4.09. The quantitative estimate of drug-likeness (QED) is 0.627. The van der Waals surface area contributed by atoms with E-state index >= 15 is 0 Å². The van der Waals surface area contributed by atoms with Crippen molar-refractivity contribution in [1.29, 1.82) is 0 Å². The minimum atomic E-state index is 0.173. The molecule has 3 heteroatoms. The molecule has 0 amide bonds. The Balaban J connectivity index is 2.25. The molecule has 0 fully saturated rings. The number of rotatable bonds is 1. The van der Waals surface area contributed by atoms with E-state index in [0.29, 0.717) is 0 Å². The third-order valence-electron chi connectivity index (χ3n) is 2.27. The molecule has 0 aromatic rings. The highest BCUT2D eigenvalue weighted by molar-refractivity contribution is 7.81. The second-order valence-corrected chi connectivity index (χ2v) is 3.64. The molecule has 1 aliphatic carbocycles. The van der Waals surface area contributed by atoms with E-state index in [1.54, 1.807) is 7.11 Å². The molecule has 2 rings (SSSR count). The van der Waals surface area contributed by atoms with E-state index in [4.69, 9.17) is 9.47 Å².